The van der Waals surface area contributed by atoms with Crippen molar-refractivity contribution in [3.8, 4) is 0 Å². The number of nitrogens with zero attached hydrogens (tertiary/aromatic N) is 2. The van der Waals surface area contributed by atoms with E-state index in [1.807, 2.05) is 45.9 Å². The maximum Gasteiger partial charge on any atom is 0.262 e. The lowest BCUT2D eigenvalue weighted by Gasteiger charge is -2.17. The monoisotopic (exact) mass is 355 g/mol. The van der Waals surface area contributed by atoms with Crippen LogP contribution in [0.4, 0.5) is 5.69 Å². The van der Waals surface area contributed by atoms with Gasteiger partial charge in [0, 0.05) is 10.6 Å². The summed E-state index contributed by atoms with van der Waals surface area (Å²) in [6.45, 7) is 9.61. The summed E-state index contributed by atoms with van der Waals surface area (Å²) >= 11 is 1.48. The van der Waals surface area contributed by atoms with Gasteiger partial charge >= 0.3 is 0 Å². The van der Waals surface area contributed by atoms with Crippen LogP contribution >= 0.6 is 11.3 Å². The predicted octanol–water partition coefficient (Wildman–Crippen LogP) is 3.89. The number of rotatable bonds is 3. The maximum atomic E-state index is 12.7. The first-order valence-electron chi connectivity index (χ1n) is 8.14. The Morgan fingerprint density at radius 2 is 1.80 bits per heavy atom. The van der Waals surface area contributed by atoms with Crippen molar-refractivity contribution in [1.82, 2.24) is 9.55 Å². The fourth-order valence-corrected chi connectivity index (χ4v) is 3.90. The van der Waals surface area contributed by atoms with E-state index in [0.717, 1.165) is 27.3 Å². The van der Waals surface area contributed by atoms with Gasteiger partial charge in [-0.15, -0.1) is 11.3 Å². The Balaban J connectivity index is 1.93. The third-order valence-corrected chi connectivity index (χ3v) is 5.28. The summed E-state index contributed by atoms with van der Waals surface area (Å²) in [7, 11) is 0. The molecule has 2 aromatic heterocycles. The summed E-state index contributed by atoms with van der Waals surface area (Å²) in [6.07, 6.45) is 1.46. The van der Waals surface area contributed by atoms with E-state index in [4.69, 9.17) is 0 Å². The maximum absolute atomic E-state index is 12.7. The number of thiophene rings is 1. The molecule has 1 amide bonds. The van der Waals surface area contributed by atoms with Gasteiger partial charge in [0.2, 0.25) is 5.91 Å². The quantitative estimate of drug-likeness (QED) is 0.775. The molecule has 0 bridgehead atoms. The lowest BCUT2D eigenvalue weighted by atomic mass is 10.0. The van der Waals surface area contributed by atoms with Crippen LogP contribution in [0.5, 0.6) is 0 Å². The van der Waals surface area contributed by atoms with Gasteiger partial charge in [0.15, 0.2) is 0 Å². The van der Waals surface area contributed by atoms with E-state index in [1.165, 1.54) is 22.2 Å². The topological polar surface area (TPSA) is 64.0 Å². The number of benzene rings is 1. The Hall–Kier alpha value is -2.47. The van der Waals surface area contributed by atoms with E-state index >= 15 is 0 Å². The summed E-state index contributed by atoms with van der Waals surface area (Å²) in [5, 5.41) is 3.52. The van der Waals surface area contributed by atoms with Gasteiger partial charge in [-0.05, 0) is 51.8 Å². The molecule has 1 N–H and O–H groups in total. The SMILES string of the molecule is Cc1cc(C)c(NC(=O)[C@@H](C)n2cnc3sc(C)cc3c2=O)c(C)c1. The van der Waals surface area contributed by atoms with Crippen LogP contribution in [0, 0.1) is 27.7 Å². The average Bonchev–Trinajstić information content (AvgIpc) is 2.92. The number of aromatic nitrogens is 2. The van der Waals surface area contributed by atoms with Crippen molar-refractivity contribution in [2.24, 2.45) is 0 Å². The molecule has 130 valence electrons. The Kier molecular flexibility index (Phi) is 4.47. The summed E-state index contributed by atoms with van der Waals surface area (Å²) in [6, 6.07) is 5.23. The average molecular weight is 355 g/mol. The van der Waals surface area contributed by atoms with E-state index < -0.39 is 6.04 Å². The Labute approximate surface area is 150 Å². The molecule has 1 atom stereocenters. The Morgan fingerprint density at radius 1 is 1.16 bits per heavy atom. The van der Waals surface area contributed by atoms with Crippen LogP contribution in [0.25, 0.3) is 10.2 Å². The summed E-state index contributed by atoms with van der Waals surface area (Å²) in [5.41, 5.74) is 3.78. The molecule has 1 aromatic carbocycles. The highest BCUT2D eigenvalue weighted by molar-refractivity contribution is 7.18. The van der Waals surface area contributed by atoms with Gasteiger partial charge in [0.05, 0.1) is 11.7 Å². The number of carbonyl (C=O) groups excluding carboxylic acids is 1. The third-order valence-electron chi connectivity index (χ3n) is 4.32. The van der Waals surface area contributed by atoms with Crippen molar-refractivity contribution in [3.63, 3.8) is 0 Å². The molecule has 0 aliphatic heterocycles. The van der Waals surface area contributed by atoms with E-state index in [2.05, 4.69) is 10.3 Å². The minimum Gasteiger partial charge on any atom is -0.324 e. The van der Waals surface area contributed by atoms with Gasteiger partial charge in [-0.25, -0.2) is 4.98 Å². The molecule has 0 aliphatic carbocycles. The number of nitrogens with one attached hydrogen (secondary N) is 1. The Morgan fingerprint density at radius 3 is 2.44 bits per heavy atom. The van der Waals surface area contributed by atoms with Gasteiger partial charge in [0.1, 0.15) is 10.9 Å². The number of hydrogen-bond acceptors (Lipinski definition) is 4. The van der Waals surface area contributed by atoms with E-state index in [9.17, 15) is 9.59 Å². The minimum absolute atomic E-state index is 0.186. The highest BCUT2D eigenvalue weighted by atomic mass is 32.1. The second-order valence-corrected chi connectivity index (χ2v) is 7.71. The molecule has 3 aromatic rings. The minimum atomic E-state index is -0.648. The van der Waals surface area contributed by atoms with Crippen LogP contribution in [-0.4, -0.2) is 15.5 Å². The van der Waals surface area contributed by atoms with Crippen LogP contribution in [0.15, 0.2) is 29.3 Å². The molecule has 3 rings (SSSR count). The molecule has 25 heavy (non-hydrogen) atoms. The fraction of sp³-hybridized carbons (Fsp3) is 0.316. The largest absolute Gasteiger partial charge is 0.324 e. The van der Waals surface area contributed by atoms with Gasteiger partial charge < -0.3 is 5.32 Å². The molecule has 0 saturated heterocycles. The summed E-state index contributed by atoms with van der Waals surface area (Å²) in [5.74, 6) is -0.231. The normalized spacial score (nSPS) is 12.4. The molecule has 6 heteroatoms. The van der Waals surface area contributed by atoms with Crippen molar-refractivity contribution in [2.45, 2.75) is 40.7 Å². The zero-order chi connectivity index (χ0) is 18.3. The number of amides is 1. The van der Waals surface area contributed by atoms with Gasteiger partial charge in [-0.1, -0.05) is 17.7 Å². The van der Waals surface area contributed by atoms with Crippen molar-refractivity contribution >= 4 is 33.1 Å². The second-order valence-electron chi connectivity index (χ2n) is 6.47. The Bertz CT molecular complexity index is 1010. The molecule has 5 nitrogen and oxygen atoms in total. The van der Waals surface area contributed by atoms with Crippen molar-refractivity contribution in [1.29, 1.82) is 0 Å². The summed E-state index contributed by atoms with van der Waals surface area (Å²) < 4.78 is 1.39. The first-order chi connectivity index (χ1) is 11.8. The molecular weight excluding hydrogens is 334 g/mol. The van der Waals surface area contributed by atoms with Crippen LogP contribution in [0.2, 0.25) is 0 Å². The van der Waals surface area contributed by atoms with Crippen molar-refractivity contribution in [3.05, 3.63) is 56.4 Å². The van der Waals surface area contributed by atoms with E-state index in [1.54, 1.807) is 6.92 Å². The molecule has 0 saturated carbocycles. The number of fused-ring (bicyclic) bond motifs is 1. The highest BCUT2D eigenvalue weighted by Crippen LogP contribution is 2.24. The van der Waals surface area contributed by atoms with E-state index in [0.29, 0.717) is 10.2 Å². The van der Waals surface area contributed by atoms with Gasteiger partial charge in [-0.3, -0.25) is 14.2 Å². The first-order valence-corrected chi connectivity index (χ1v) is 8.95. The lowest BCUT2D eigenvalue weighted by molar-refractivity contribution is -0.118. The molecule has 0 radical (unpaired) electrons. The zero-order valence-corrected chi connectivity index (χ0v) is 15.8. The van der Waals surface area contributed by atoms with Crippen LogP contribution in [0.1, 0.15) is 34.5 Å². The van der Waals surface area contributed by atoms with Crippen molar-refractivity contribution in [2.75, 3.05) is 5.32 Å². The zero-order valence-electron chi connectivity index (χ0n) is 15.0. The number of hydrogen-bond donors (Lipinski definition) is 1. The fourth-order valence-electron chi connectivity index (χ4n) is 3.06. The first kappa shape index (κ1) is 17.4. The van der Waals surface area contributed by atoms with Crippen LogP contribution < -0.4 is 10.9 Å². The molecule has 0 spiro atoms. The van der Waals surface area contributed by atoms with Crippen molar-refractivity contribution < 1.29 is 4.79 Å². The third kappa shape index (κ3) is 3.22. The predicted molar refractivity (Wildman–Crippen MR) is 103 cm³/mol. The highest BCUT2D eigenvalue weighted by Gasteiger charge is 2.19. The summed E-state index contributed by atoms with van der Waals surface area (Å²) in [4.78, 5) is 31.4. The second kappa shape index (κ2) is 6.44. The van der Waals surface area contributed by atoms with Crippen LogP contribution in [-0.2, 0) is 4.79 Å². The van der Waals surface area contributed by atoms with Gasteiger partial charge in [-0.2, -0.15) is 0 Å². The standard InChI is InChI=1S/C19H21N3O2S/c1-10-6-11(2)16(12(3)7-10)21-17(23)14(5)22-9-20-18-15(19(22)24)8-13(4)25-18/h6-9,14H,1-5H3,(H,21,23)/t14-/m1/s1. The molecular formula is C19H21N3O2S. The smallest absolute Gasteiger partial charge is 0.262 e. The molecule has 0 unspecified atom stereocenters. The molecule has 0 aliphatic rings. The van der Waals surface area contributed by atoms with Crippen LogP contribution in [0.3, 0.4) is 0 Å². The lowest BCUT2D eigenvalue weighted by Crippen LogP contribution is -2.31. The van der Waals surface area contributed by atoms with E-state index in [-0.39, 0.29) is 11.5 Å². The molecule has 2 heterocycles. The number of anilines is 1. The molecule has 0 fully saturated rings. The number of aryl methyl sites for hydroxylation is 4. The van der Waals surface area contributed by atoms with Gasteiger partial charge in [0.25, 0.3) is 5.56 Å². The number of carbonyl (C=O) groups is 1.